The summed E-state index contributed by atoms with van der Waals surface area (Å²) in [7, 11) is 0. The first kappa shape index (κ1) is 37.3. The van der Waals surface area contributed by atoms with Gasteiger partial charge < -0.3 is 58.9 Å². The van der Waals surface area contributed by atoms with Gasteiger partial charge in [0.05, 0.1) is 30.3 Å². The van der Waals surface area contributed by atoms with Crippen molar-refractivity contribution < 1.29 is 63.2 Å². The van der Waals surface area contributed by atoms with Crippen LogP contribution in [0.15, 0.2) is 78.9 Å². The van der Waals surface area contributed by atoms with E-state index in [1.165, 1.54) is 6.92 Å². The second-order valence-corrected chi connectivity index (χ2v) is 12.9. The lowest BCUT2D eigenvalue weighted by atomic mass is 9.96. The predicted octanol–water partition coefficient (Wildman–Crippen LogP) is 1.99. The zero-order chi connectivity index (χ0) is 36.1. The van der Waals surface area contributed by atoms with E-state index in [0.29, 0.717) is 21.8 Å². The van der Waals surface area contributed by atoms with Crippen LogP contribution in [0.1, 0.15) is 29.9 Å². The molecule has 0 spiro atoms. The number of carbonyl (C=O) groups excluding carboxylic acids is 2. The van der Waals surface area contributed by atoms with Crippen molar-refractivity contribution in [1.82, 2.24) is 0 Å². The number of esters is 1. The Morgan fingerprint density at radius 3 is 2.27 bits per heavy atom. The number of fused-ring (bicyclic) bond motifs is 1. The molecular formula is C36H40ClNO13. The number of anilines is 1. The molecule has 3 aliphatic heterocycles. The Hall–Kier alpha value is -3.51. The van der Waals surface area contributed by atoms with E-state index in [2.05, 4.69) is 5.32 Å². The second-order valence-electron chi connectivity index (χ2n) is 12.5. The van der Waals surface area contributed by atoms with Crippen molar-refractivity contribution in [3.8, 4) is 0 Å². The fraction of sp³-hybridized carbons (Fsp3) is 0.444. The van der Waals surface area contributed by atoms with Crippen molar-refractivity contribution in [2.75, 3.05) is 18.5 Å². The average Bonchev–Trinajstić information content (AvgIpc) is 3.13. The minimum Gasteiger partial charge on any atom is -0.463 e. The maximum Gasteiger partial charge on any atom is 0.310 e. The summed E-state index contributed by atoms with van der Waals surface area (Å²) in [6.45, 7) is 0.766. The van der Waals surface area contributed by atoms with Gasteiger partial charge in [-0.2, -0.15) is 0 Å². The molecule has 6 rings (SSSR count). The van der Waals surface area contributed by atoms with Crippen molar-refractivity contribution in [3.63, 3.8) is 0 Å². The third kappa shape index (κ3) is 9.11. The molecular weight excluding hydrogens is 690 g/mol. The summed E-state index contributed by atoms with van der Waals surface area (Å²) >= 11 is 6.18. The SMILES string of the molecule is CC(=O)Nc1cc(CO[C@@H]2O[C@H](COC(=O)Cc3ccccc3)[C@@H](O[C@@H]3O[C@@H]4COC(c5ccccc5)O[C@H]4[C@H](O)[C@H]3O)[C@H](O)[C@H]2O)ccc1Cl. The molecule has 0 radical (unpaired) electrons. The molecule has 3 aliphatic rings. The number of hydrogen-bond donors (Lipinski definition) is 5. The average molecular weight is 730 g/mol. The zero-order valence-electron chi connectivity index (χ0n) is 27.5. The van der Waals surface area contributed by atoms with Crippen LogP contribution in [-0.4, -0.2) is 107 Å². The van der Waals surface area contributed by atoms with Crippen LogP contribution in [0, 0.1) is 0 Å². The van der Waals surface area contributed by atoms with Crippen LogP contribution in [0.25, 0.3) is 0 Å². The lowest BCUT2D eigenvalue weighted by Gasteiger charge is -2.48. The van der Waals surface area contributed by atoms with Crippen LogP contribution in [-0.2, 0) is 55.8 Å². The molecule has 1 unspecified atom stereocenters. The van der Waals surface area contributed by atoms with Crippen LogP contribution in [0.4, 0.5) is 5.69 Å². The van der Waals surface area contributed by atoms with E-state index in [0.717, 1.165) is 5.56 Å². The van der Waals surface area contributed by atoms with Gasteiger partial charge in [-0.25, -0.2) is 0 Å². The van der Waals surface area contributed by atoms with Crippen LogP contribution in [0.5, 0.6) is 0 Å². The van der Waals surface area contributed by atoms with Gasteiger partial charge in [-0.05, 0) is 23.3 Å². The highest BCUT2D eigenvalue weighted by Crippen LogP contribution is 2.36. The number of nitrogens with one attached hydrogen (secondary N) is 1. The molecule has 15 heteroatoms. The Kier molecular flexibility index (Phi) is 12.3. The molecule has 3 saturated heterocycles. The lowest BCUT2D eigenvalue weighted by Crippen LogP contribution is -2.66. The van der Waals surface area contributed by atoms with Crippen molar-refractivity contribution >= 4 is 29.2 Å². The maximum absolute atomic E-state index is 12.8. The van der Waals surface area contributed by atoms with E-state index in [1.807, 2.05) is 36.4 Å². The molecule has 0 aliphatic carbocycles. The standard InChI is InChI=1S/C36H40ClNO13/c1-19(39)38-24-14-21(12-13-23(24)37)16-46-35-30(43)28(41)33(25(48-35)17-45-27(40)15-20-8-4-2-5-9-20)51-36-31(44)29(42)32-26(49-36)18-47-34(50-32)22-10-6-3-7-11-22/h2-14,25-26,28-36,41-44H,15-18H2,1H3,(H,38,39)/t25-,26-,28-,29-,30-,31-,32-,33-,34?,35-,36+/m1/s1. The van der Waals surface area contributed by atoms with Crippen molar-refractivity contribution in [2.24, 2.45) is 0 Å². The first-order chi connectivity index (χ1) is 24.6. The smallest absolute Gasteiger partial charge is 0.310 e. The van der Waals surface area contributed by atoms with Gasteiger partial charge in [0, 0.05) is 12.5 Å². The topological polar surface area (TPSA) is 192 Å². The lowest BCUT2D eigenvalue weighted by molar-refractivity contribution is -0.386. The highest BCUT2D eigenvalue weighted by Gasteiger charge is 2.53. The number of aliphatic hydroxyl groups excluding tert-OH is 4. The number of ether oxygens (including phenoxy) is 7. The van der Waals surface area contributed by atoms with Gasteiger partial charge in [0.1, 0.15) is 55.4 Å². The Labute approximate surface area is 298 Å². The van der Waals surface area contributed by atoms with E-state index in [9.17, 15) is 30.0 Å². The summed E-state index contributed by atoms with van der Waals surface area (Å²) in [4.78, 5) is 24.4. The summed E-state index contributed by atoms with van der Waals surface area (Å²) in [6, 6.07) is 22.8. The van der Waals surface area contributed by atoms with Crippen molar-refractivity contribution in [1.29, 1.82) is 0 Å². The fourth-order valence-electron chi connectivity index (χ4n) is 6.08. The molecule has 3 heterocycles. The number of rotatable bonds is 11. The van der Waals surface area contributed by atoms with Crippen molar-refractivity contribution in [3.05, 3.63) is 101 Å². The van der Waals surface area contributed by atoms with Gasteiger partial charge in [-0.1, -0.05) is 78.3 Å². The summed E-state index contributed by atoms with van der Waals surface area (Å²) in [5.74, 6) is -0.917. The van der Waals surface area contributed by atoms with E-state index in [1.54, 1.807) is 42.5 Å². The Balaban J connectivity index is 1.15. The quantitative estimate of drug-likeness (QED) is 0.180. The van der Waals surface area contributed by atoms with Gasteiger partial charge in [-0.3, -0.25) is 9.59 Å². The van der Waals surface area contributed by atoms with Gasteiger partial charge in [0.2, 0.25) is 5.91 Å². The summed E-state index contributed by atoms with van der Waals surface area (Å²) < 4.78 is 41.1. The van der Waals surface area contributed by atoms with Crippen LogP contribution in [0.3, 0.4) is 0 Å². The van der Waals surface area contributed by atoms with Crippen molar-refractivity contribution in [2.45, 2.75) is 87.7 Å². The zero-order valence-corrected chi connectivity index (χ0v) is 28.3. The molecule has 1 amide bonds. The molecule has 3 aromatic rings. The van der Waals surface area contributed by atoms with E-state index in [4.69, 9.17) is 44.8 Å². The molecule has 3 aromatic carbocycles. The molecule has 14 nitrogen and oxygen atoms in total. The Bertz CT molecular complexity index is 1620. The summed E-state index contributed by atoms with van der Waals surface area (Å²) in [6.07, 6.45) is -14.8. The number of hydrogen-bond acceptors (Lipinski definition) is 13. The minimum atomic E-state index is -1.70. The predicted molar refractivity (Wildman–Crippen MR) is 178 cm³/mol. The third-order valence-electron chi connectivity index (χ3n) is 8.69. The largest absolute Gasteiger partial charge is 0.463 e. The maximum atomic E-state index is 12.8. The Morgan fingerprint density at radius 2 is 1.55 bits per heavy atom. The van der Waals surface area contributed by atoms with Gasteiger partial charge >= 0.3 is 5.97 Å². The van der Waals surface area contributed by atoms with Crippen LogP contribution >= 0.6 is 11.6 Å². The van der Waals surface area contributed by atoms with E-state index in [-0.39, 0.29) is 25.5 Å². The first-order valence-corrected chi connectivity index (χ1v) is 16.8. The third-order valence-corrected chi connectivity index (χ3v) is 9.02. The van der Waals surface area contributed by atoms with E-state index >= 15 is 0 Å². The Morgan fingerprint density at radius 1 is 0.843 bits per heavy atom. The van der Waals surface area contributed by atoms with E-state index < -0.39 is 80.3 Å². The summed E-state index contributed by atoms with van der Waals surface area (Å²) in [5, 5.41) is 47.6. The number of carbonyl (C=O) groups is 2. The number of benzene rings is 3. The second kappa shape index (κ2) is 16.9. The molecule has 0 aromatic heterocycles. The van der Waals surface area contributed by atoms with Gasteiger partial charge in [-0.15, -0.1) is 0 Å². The molecule has 11 atom stereocenters. The number of aliphatic hydroxyl groups is 4. The fourth-order valence-corrected chi connectivity index (χ4v) is 6.25. The number of halogens is 1. The minimum absolute atomic E-state index is 0.00893. The number of amides is 1. The van der Waals surface area contributed by atoms with Gasteiger partial charge in [0.25, 0.3) is 0 Å². The molecule has 51 heavy (non-hydrogen) atoms. The highest BCUT2D eigenvalue weighted by atomic mass is 35.5. The van der Waals surface area contributed by atoms with Gasteiger partial charge in [0.15, 0.2) is 18.9 Å². The molecule has 0 bridgehead atoms. The van der Waals surface area contributed by atoms with Crippen LogP contribution in [0.2, 0.25) is 5.02 Å². The monoisotopic (exact) mass is 729 g/mol. The molecule has 5 N–H and O–H groups in total. The first-order valence-electron chi connectivity index (χ1n) is 16.4. The normalized spacial score (nSPS) is 32.1. The molecule has 0 saturated carbocycles. The van der Waals surface area contributed by atoms with Crippen LogP contribution < -0.4 is 5.32 Å². The highest BCUT2D eigenvalue weighted by molar-refractivity contribution is 6.33. The molecule has 274 valence electrons. The summed E-state index contributed by atoms with van der Waals surface area (Å²) in [5.41, 5.74) is 2.35. The molecule has 3 fully saturated rings.